The molecule has 80 valence electrons. The van der Waals surface area contributed by atoms with Crippen LogP contribution in [0.2, 0.25) is 0 Å². The number of nitrogens with zero attached hydrogens (tertiary/aromatic N) is 1. The largest absolute Gasteiger partial charge is 0.345 e. The molecule has 1 aliphatic rings. The maximum Gasteiger partial charge on any atom is 0.226 e. The van der Waals surface area contributed by atoms with Gasteiger partial charge in [0.05, 0.1) is 0 Å². The molecule has 1 amide bonds. The number of rotatable bonds is 2. The zero-order valence-corrected chi connectivity index (χ0v) is 9.31. The van der Waals surface area contributed by atoms with E-state index in [0.717, 1.165) is 13.0 Å². The van der Waals surface area contributed by atoms with E-state index in [-0.39, 0.29) is 5.92 Å². The normalized spacial score (nSPS) is 23.2. The molecule has 0 aromatic heterocycles. The highest BCUT2D eigenvalue weighted by Gasteiger charge is 2.33. The van der Waals surface area contributed by atoms with Crippen LogP contribution in [-0.2, 0) is 4.79 Å². The zero-order chi connectivity index (χ0) is 10.8. The minimum Gasteiger partial charge on any atom is -0.345 e. The van der Waals surface area contributed by atoms with Crippen LogP contribution >= 0.6 is 0 Å². The van der Waals surface area contributed by atoms with Crippen LogP contribution < -0.4 is 0 Å². The van der Waals surface area contributed by atoms with Crippen LogP contribution in [0.1, 0.15) is 24.8 Å². The number of carbonyl (C=O) groups is 1. The van der Waals surface area contributed by atoms with Gasteiger partial charge in [0.25, 0.3) is 0 Å². The van der Waals surface area contributed by atoms with Crippen LogP contribution in [0.15, 0.2) is 30.3 Å². The standard InChI is InChI=1S/C13H17NO/c1-10(11-6-4-3-5-7-11)12-8-9-14(2)13(12)15/h3-7,10,12H,8-9H2,1-2H3. The summed E-state index contributed by atoms with van der Waals surface area (Å²) in [5, 5.41) is 0. The Kier molecular flexibility index (Phi) is 2.76. The van der Waals surface area contributed by atoms with Crippen molar-refractivity contribution in [2.75, 3.05) is 13.6 Å². The average Bonchev–Trinajstić information content (AvgIpc) is 2.60. The Labute approximate surface area is 90.9 Å². The molecule has 2 heteroatoms. The molecule has 0 aliphatic carbocycles. The van der Waals surface area contributed by atoms with Crippen LogP contribution in [0.25, 0.3) is 0 Å². The minimum absolute atomic E-state index is 0.178. The molecule has 1 aromatic carbocycles. The maximum absolute atomic E-state index is 11.8. The summed E-state index contributed by atoms with van der Waals surface area (Å²) in [7, 11) is 1.89. The molecule has 2 rings (SSSR count). The Morgan fingerprint density at radius 3 is 2.53 bits per heavy atom. The van der Waals surface area contributed by atoms with Crippen molar-refractivity contribution in [3.63, 3.8) is 0 Å². The molecule has 0 radical (unpaired) electrons. The minimum atomic E-state index is 0.178. The fourth-order valence-electron chi connectivity index (χ4n) is 2.30. The van der Waals surface area contributed by atoms with E-state index in [1.54, 1.807) is 0 Å². The molecule has 0 N–H and O–H groups in total. The van der Waals surface area contributed by atoms with Crippen molar-refractivity contribution < 1.29 is 4.79 Å². The first-order valence-corrected chi connectivity index (χ1v) is 5.50. The van der Waals surface area contributed by atoms with Gasteiger partial charge in [-0.2, -0.15) is 0 Å². The van der Waals surface area contributed by atoms with Gasteiger partial charge in [0.2, 0.25) is 5.91 Å². The van der Waals surface area contributed by atoms with Crippen molar-refractivity contribution in [1.82, 2.24) is 4.90 Å². The van der Waals surface area contributed by atoms with Crippen molar-refractivity contribution in [1.29, 1.82) is 0 Å². The smallest absolute Gasteiger partial charge is 0.226 e. The fraction of sp³-hybridized carbons (Fsp3) is 0.462. The summed E-state index contributed by atoms with van der Waals surface area (Å²) in [5.41, 5.74) is 1.27. The lowest BCUT2D eigenvalue weighted by Gasteiger charge is -2.18. The lowest BCUT2D eigenvalue weighted by molar-refractivity contribution is -0.130. The van der Waals surface area contributed by atoms with E-state index in [0.29, 0.717) is 11.8 Å². The van der Waals surface area contributed by atoms with E-state index in [1.807, 2.05) is 30.1 Å². The molecule has 0 bridgehead atoms. The Hall–Kier alpha value is -1.31. The van der Waals surface area contributed by atoms with Gasteiger partial charge in [-0.3, -0.25) is 4.79 Å². The fourth-order valence-corrected chi connectivity index (χ4v) is 2.30. The van der Waals surface area contributed by atoms with Crippen molar-refractivity contribution in [3.05, 3.63) is 35.9 Å². The molecule has 15 heavy (non-hydrogen) atoms. The topological polar surface area (TPSA) is 20.3 Å². The van der Waals surface area contributed by atoms with Gasteiger partial charge in [0, 0.05) is 19.5 Å². The molecular weight excluding hydrogens is 186 g/mol. The highest BCUT2D eigenvalue weighted by atomic mass is 16.2. The average molecular weight is 203 g/mol. The number of likely N-dealkylation sites (tertiary alicyclic amines) is 1. The van der Waals surface area contributed by atoms with Crippen LogP contribution in [0.5, 0.6) is 0 Å². The van der Waals surface area contributed by atoms with Crippen LogP contribution in [0.3, 0.4) is 0 Å². The van der Waals surface area contributed by atoms with Gasteiger partial charge < -0.3 is 4.90 Å². The van der Waals surface area contributed by atoms with Gasteiger partial charge in [0.1, 0.15) is 0 Å². The Morgan fingerprint density at radius 2 is 2.00 bits per heavy atom. The first-order valence-electron chi connectivity index (χ1n) is 5.50. The van der Waals surface area contributed by atoms with Gasteiger partial charge in [-0.25, -0.2) is 0 Å². The molecule has 1 aliphatic heterocycles. The van der Waals surface area contributed by atoms with E-state index in [9.17, 15) is 4.79 Å². The van der Waals surface area contributed by atoms with Gasteiger partial charge in [-0.15, -0.1) is 0 Å². The third kappa shape index (κ3) is 1.89. The second-order valence-corrected chi connectivity index (χ2v) is 4.35. The predicted molar refractivity (Wildman–Crippen MR) is 60.6 cm³/mol. The van der Waals surface area contributed by atoms with E-state index in [4.69, 9.17) is 0 Å². The number of hydrogen-bond donors (Lipinski definition) is 0. The maximum atomic E-state index is 11.8. The summed E-state index contributed by atoms with van der Waals surface area (Å²) in [4.78, 5) is 13.7. The molecule has 1 aromatic rings. The monoisotopic (exact) mass is 203 g/mol. The van der Waals surface area contributed by atoms with E-state index < -0.39 is 0 Å². The zero-order valence-electron chi connectivity index (χ0n) is 9.31. The second kappa shape index (κ2) is 4.05. The van der Waals surface area contributed by atoms with Crippen molar-refractivity contribution >= 4 is 5.91 Å². The number of amides is 1. The summed E-state index contributed by atoms with van der Waals surface area (Å²) in [6.07, 6.45) is 0.991. The number of hydrogen-bond acceptors (Lipinski definition) is 1. The van der Waals surface area contributed by atoms with E-state index in [2.05, 4.69) is 19.1 Å². The first-order chi connectivity index (χ1) is 7.20. The molecular formula is C13H17NO. The van der Waals surface area contributed by atoms with E-state index in [1.165, 1.54) is 5.56 Å². The molecule has 1 fully saturated rings. The lowest BCUT2D eigenvalue weighted by atomic mass is 9.86. The summed E-state index contributed by atoms with van der Waals surface area (Å²) < 4.78 is 0. The van der Waals surface area contributed by atoms with Gasteiger partial charge in [-0.1, -0.05) is 37.3 Å². The van der Waals surface area contributed by atoms with Crippen LogP contribution in [-0.4, -0.2) is 24.4 Å². The summed E-state index contributed by atoms with van der Waals surface area (Å²) in [5.74, 6) is 0.812. The third-order valence-electron chi connectivity index (χ3n) is 3.40. The van der Waals surface area contributed by atoms with Gasteiger partial charge in [-0.05, 0) is 17.9 Å². The van der Waals surface area contributed by atoms with E-state index >= 15 is 0 Å². The molecule has 2 nitrogen and oxygen atoms in total. The Bertz CT molecular complexity index is 347. The summed E-state index contributed by atoms with van der Waals surface area (Å²) >= 11 is 0. The quantitative estimate of drug-likeness (QED) is 0.722. The molecule has 0 saturated carbocycles. The van der Waals surface area contributed by atoms with Crippen molar-refractivity contribution in [3.8, 4) is 0 Å². The van der Waals surface area contributed by atoms with Gasteiger partial charge >= 0.3 is 0 Å². The predicted octanol–water partition coefficient (Wildman–Crippen LogP) is 2.27. The van der Waals surface area contributed by atoms with Crippen molar-refractivity contribution in [2.24, 2.45) is 5.92 Å². The Balaban J connectivity index is 2.16. The molecule has 2 unspecified atom stereocenters. The van der Waals surface area contributed by atoms with Crippen molar-refractivity contribution in [2.45, 2.75) is 19.3 Å². The number of carbonyl (C=O) groups excluding carboxylic acids is 1. The molecule has 1 saturated heterocycles. The lowest BCUT2D eigenvalue weighted by Crippen LogP contribution is -2.25. The molecule has 1 heterocycles. The molecule has 2 atom stereocenters. The third-order valence-corrected chi connectivity index (χ3v) is 3.40. The SMILES string of the molecule is CC(c1ccccc1)C1CCN(C)C1=O. The van der Waals surface area contributed by atoms with Gasteiger partial charge in [0.15, 0.2) is 0 Å². The number of benzene rings is 1. The molecule has 0 spiro atoms. The second-order valence-electron chi connectivity index (χ2n) is 4.35. The Morgan fingerprint density at radius 1 is 1.33 bits per heavy atom. The summed E-state index contributed by atoms with van der Waals surface area (Å²) in [6, 6.07) is 10.3. The highest BCUT2D eigenvalue weighted by molar-refractivity contribution is 5.81. The highest BCUT2D eigenvalue weighted by Crippen LogP contribution is 2.31. The summed E-state index contributed by atoms with van der Waals surface area (Å²) in [6.45, 7) is 3.05. The van der Waals surface area contributed by atoms with Crippen LogP contribution in [0, 0.1) is 5.92 Å². The van der Waals surface area contributed by atoms with Crippen LogP contribution in [0.4, 0.5) is 0 Å². The first kappa shape index (κ1) is 10.2.